The number of aromatic nitrogens is 2. The van der Waals surface area contributed by atoms with E-state index in [2.05, 4.69) is 5.10 Å². The lowest BCUT2D eigenvalue weighted by Gasteiger charge is -2.12. The summed E-state index contributed by atoms with van der Waals surface area (Å²) >= 11 is 18.1. The van der Waals surface area contributed by atoms with Crippen LogP contribution in [0.15, 0.2) is 47.4 Å². The van der Waals surface area contributed by atoms with E-state index in [1.807, 2.05) is 0 Å². The minimum absolute atomic E-state index is 0.0307. The summed E-state index contributed by atoms with van der Waals surface area (Å²) < 4.78 is 11.9. The Bertz CT molecular complexity index is 1060. The Kier molecular flexibility index (Phi) is 5.70. The maximum atomic E-state index is 12.6. The fourth-order valence-electron chi connectivity index (χ4n) is 2.29. The zero-order valence-electron chi connectivity index (χ0n) is 13.8. The number of ether oxygens (including phenoxy) is 2. The molecule has 0 fully saturated rings. The lowest BCUT2D eigenvalue weighted by atomic mass is 10.2. The van der Waals surface area contributed by atoms with Crippen LogP contribution in [0.3, 0.4) is 0 Å². The molecule has 1 heterocycles. The molecule has 0 atom stereocenters. The van der Waals surface area contributed by atoms with E-state index < -0.39 is 5.56 Å². The fourth-order valence-corrected chi connectivity index (χ4v) is 2.98. The minimum Gasteiger partial charge on any atom is -0.493 e. The SMILES string of the molecule is COc1cc(C=O)ccc1Oc1cnn(-c2cc(Cl)cc(Cl)c2)c(=O)c1Cl. The van der Waals surface area contributed by atoms with E-state index in [0.29, 0.717) is 33.3 Å². The highest BCUT2D eigenvalue weighted by Crippen LogP contribution is 2.34. The predicted molar refractivity (Wildman–Crippen MR) is 103 cm³/mol. The first-order valence-electron chi connectivity index (χ1n) is 7.48. The molecule has 9 heteroatoms. The number of aldehydes is 1. The van der Waals surface area contributed by atoms with Crippen LogP contribution in [0.5, 0.6) is 17.2 Å². The van der Waals surface area contributed by atoms with E-state index in [1.165, 1.54) is 43.6 Å². The van der Waals surface area contributed by atoms with Gasteiger partial charge >= 0.3 is 0 Å². The lowest BCUT2D eigenvalue weighted by Crippen LogP contribution is -2.21. The van der Waals surface area contributed by atoms with Gasteiger partial charge in [0.15, 0.2) is 22.3 Å². The second kappa shape index (κ2) is 8.00. The summed E-state index contributed by atoms with van der Waals surface area (Å²) in [5.74, 6) is 0.611. The third kappa shape index (κ3) is 4.08. The molecule has 6 nitrogen and oxygen atoms in total. The molecule has 0 saturated carbocycles. The number of methoxy groups -OCH3 is 1. The van der Waals surface area contributed by atoms with Crippen molar-refractivity contribution >= 4 is 41.1 Å². The van der Waals surface area contributed by atoms with Gasteiger partial charge in [0.25, 0.3) is 5.56 Å². The molecule has 2 aromatic carbocycles. The molecular weight excluding hydrogens is 415 g/mol. The van der Waals surface area contributed by atoms with Crippen LogP contribution >= 0.6 is 34.8 Å². The standard InChI is InChI=1S/C18H11Cl3N2O4/c1-26-15-4-10(9-24)2-3-14(15)27-16-8-22-23(18(25)17(16)21)13-6-11(19)5-12(20)7-13/h2-9H,1H3. The average molecular weight is 426 g/mol. The number of benzene rings is 2. The summed E-state index contributed by atoms with van der Waals surface area (Å²) in [7, 11) is 1.43. The Morgan fingerprint density at radius 1 is 1.00 bits per heavy atom. The first kappa shape index (κ1) is 19.2. The second-order valence-electron chi connectivity index (χ2n) is 5.30. The summed E-state index contributed by atoms with van der Waals surface area (Å²) in [6.45, 7) is 0. The van der Waals surface area contributed by atoms with Crippen LogP contribution in [0.4, 0.5) is 0 Å². The van der Waals surface area contributed by atoms with Crippen molar-refractivity contribution in [2.45, 2.75) is 0 Å². The van der Waals surface area contributed by atoms with E-state index >= 15 is 0 Å². The molecule has 0 spiro atoms. The van der Waals surface area contributed by atoms with Gasteiger partial charge in [-0.2, -0.15) is 9.78 Å². The number of hydrogen-bond acceptors (Lipinski definition) is 5. The highest BCUT2D eigenvalue weighted by atomic mass is 35.5. The number of nitrogens with zero attached hydrogens (tertiary/aromatic N) is 2. The summed E-state index contributed by atoms with van der Waals surface area (Å²) in [6.07, 6.45) is 1.96. The third-order valence-electron chi connectivity index (χ3n) is 3.52. The molecule has 0 unspecified atom stereocenters. The maximum absolute atomic E-state index is 12.6. The summed E-state index contributed by atoms with van der Waals surface area (Å²) in [5, 5.41) is 4.56. The van der Waals surface area contributed by atoms with Gasteiger partial charge in [-0.25, -0.2) is 0 Å². The van der Waals surface area contributed by atoms with Gasteiger partial charge in [-0.05, 0) is 36.4 Å². The summed E-state index contributed by atoms with van der Waals surface area (Å²) in [6, 6.07) is 9.16. The van der Waals surface area contributed by atoms with Gasteiger partial charge in [0, 0.05) is 15.6 Å². The average Bonchev–Trinajstić information content (AvgIpc) is 2.65. The first-order chi connectivity index (χ1) is 12.9. The Hall–Kier alpha value is -2.54. The van der Waals surface area contributed by atoms with Crippen LogP contribution < -0.4 is 15.0 Å². The smallest absolute Gasteiger partial charge is 0.294 e. The largest absolute Gasteiger partial charge is 0.493 e. The molecule has 138 valence electrons. The predicted octanol–water partition coefficient (Wildman–Crippen LogP) is 4.81. The molecule has 0 amide bonds. The molecule has 0 saturated heterocycles. The molecule has 0 aliphatic rings. The van der Waals surface area contributed by atoms with Crippen LogP contribution in [0.1, 0.15) is 10.4 Å². The Balaban J connectivity index is 2.01. The van der Waals surface area contributed by atoms with Gasteiger partial charge in [-0.1, -0.05) is 34.8 Å². The van der Waals surface area contributed by atoms with Gasteiger partial charge in [-0.3, -0.25) is 9.59 Å². The molecule has 3 aromatic rings. The normalized spacial score (nSPS) is 10.5. The number of rotatable bonds is 5. The van der Waals surface area contributed by atoms with E-state index in [0.717, 1.165) is 4.68 Å². The summed E-state index contributed by atoms with van der Waals surface area (Å²) in [4.78, 5) is 23.5. The quantitative estimate of drug-likeness (QED) is 0.549. The zero-order chi connectivity index (χ0) is 19.6. The van der Waals surface area contributed by atoms with Crippen LogP contribution in [0, 0.1) is 0 Å². The first-order valence-corrected chi connectivity index (χ1v) is 8.61. The molecule has 27 heavy (non-hydrogen) atoms. The van der Waals surface area contributed by atoms with Crippen molar-refractivity contribution in [2.24, 2.45) is 0 Å². The monoisotopic (exact) mass is 424 g/mol. The Morgan fingerprint density at radius 3 is 2.33 bits per heavy atom. The fraction of sp³-hybridized carbons (Fsp3) is 0.0556. The van der Waals surface area contributed by atoms with Crippen LogP contribution in [-0.4, -0.2) is 23.2 Å². The third-order valence-corrected chi connectivity index (χ3v) is 4.31. The van der Waals surface area contributed by atoms with Crippen LogP contribution in [0.25, 0.3) is 5.69 Å². The number of hydrogen-bond donors (Lipinski definition) is 0. The van der Waals surface area contributed by atoms with Crippen molar-refractivity contribution in [3.63, 3.8) is 0 Å². The van der Waals surface area contributed by atoms with Crippen LogP contribution in [0.2, 0.25) is 15.1 Å². The number of halogens is 3. The topological polar surface area (TPSA) is 70.4 Å². The highest BCUT2D eigenvalue weighted by Gasteiger charge is 2.15. The van der Waals surface area contributed by atoms with Gasteiger partial charge in [-0.15, -0.1) is 0 Å². The second-order valence-corrected chi connectivity index (χ2v) is 6.55. The van der Waals surface area contributed by atoms with Crippen molar-refractivity contribution in [1.82, 2.24) is 9.78 Å². The number of carbonyl (C=O) groups excluding carboxylic acids is 1. The van der Waals surface area contributed by atoms with E-state index in [9.17, 15) is 9.59 Å². The molecule has 0 radical (unpaired) electrons. The summed E-state index contributed by atoms with van der Waals surface area (Å²) in [5.41, 5.74) is 0.159. The molecule has 0 aliphatic carbocycles. The Morgan fingerprint density at radius 2 is 1.70 bits per heavy atom. The molecule has 0 bridgehead atoms. The molecule has 0 aliphatic heterocycles. The molecule has 1 aromatic heterocycles. The molecule has 0 N–H and O–H groups in total. The van der Waals surface area contributed by atoms with Gasteiger partial charge in [0.2, 0.25) is 0 Å². The minimum atomic E-state index is -0.615. The lowest BCUT2D eigenvalue weighted by molar-refractivity contribution is 0.112. The van der Waals surface area contributed by atoms with Crippen molar-refractivity contribution in [3.05, 3.63) is 73.6 Å². The zero-order valence-corrected chi connectivity index (χ0v) is 16.0. The number of carbonyl (C=O) groups is 1. The van der Waals surface area contributed by atoms with E-state index in [-0.39, 0.29) is 16.5 Å². The van der Waals surface area contributed by atoms with Crippen molar-refractivity contribution in [1.29, 1.82) is 0 Å². The van der Waals surface area contributed by atoms with E-state index in [4.69, 9.17) is 44.3 Å². The van der Waals surface area contributed by atoms with Gasteiger partial charge < -0.3 is 9.47 Å². The Labute approximate surface area is 168 Å². The van der Waals surface area contributed by atoms with Gasteiger partial charge in [0.05, 0.1) is 19.0 Å². The van der Waals surface area contributed by atoms with Crippen LogP contribution in [-0.2, 0) is 0 Å². The van der Waals surface area contributed by atoms with E-state index in [1.54, 1.807) is 6.07 Å². The molecular formula is C18H11Cl3N2O4. The van der Waals surface area contributed by atoms with Gasteiger partial charge in [0.1, 0.15) is 6.29 Å². The molecule has 3 rings (SSSR count). The van der Waals surface area contributed by atoms with Crippen molar-refractivity contribution in [2.75, 3.05) is 7.11 Å². The maximum Gasteiger partial charge on any atom is 0.294 e. The van der Waals surface area contributed by atoms with Crippen molar-refractivity contribution in [3.8, 4) is 22.9 Å². The highest BCUT2D eigenvalue weighted by molar-refractivity contribution is 6.35. The van der Waals surface area contributed by atoms with Crippen molar-refractivity contribution < 1.29 is 14.3 Å².